The van der Waals surface area contributed by atoms with Gasteiger partial charge in [0.2, 0.25) is 11.8 Å². The molecule has 2 aliphatic heterocycles. The lowest BCUT2D eigenvalue weighted by Gasteiger charge is -2.38. The number of piperidine rings is 1. The van der Waals surface area contributed by atoms with Crippen molar-refractivity contribution in [3.63, 3.8) is 0 Å². The first kappa shape index (κ1) is 25.3. The molecule has 2 atom stereocenters. The molecule has 0 spiro atoms. The highest BCUT2D eigenvalue weighted by Crippen LogP contribution is 2.29. The first-order valence-corrected chi connectivity index (χ1v) is 12.4. The van der Waals surface area contributed by atoms with Crippen LogP contribution < -0.4 is 10.1 Å². The Morgan fingerprint density at radius 2 is 2.03 bits per heavy atom. The van der Waals surface area contributed by atoms with Gasteiger partial charge in [0.05, 0.1) is 12.7 Å². The fraction of sp³-hybridized carbons (Fsp3) is 0.444. The largest absolute Gasteiger partial charge is 0.489 e. The normalized spacial score (nSPS) is 21.4. The second-order valence-corrected chi connectivity index (χ2v) is 9.58. The molecule has 0 saturated carbocycles. The number of hydrogen-bond acceptors (Lipinski definition) is 6. The van der Waals surface area contributed by atoms with Gasteiger partial charge in [-0.1, -0.05) is 30.4 Å². The van der Waals surface area contributed by atoms with Gasteiger partial charge in [-0.05, 0) is 38.2 Å². The maximum Gasteiger partial charge on any atom is 0.274 e. The zero-order chi connectivity index (χ0) is 25.5. The Kier molecular flexibility index (Phi) is 8.30. The molecule has 2 aliphatic rings. The van der Waals surface area contributed by atoms with Gasteiger partial charge in [0.25, 0.3) is 5.91 Å². The summed E-state index contributed by atoms with van der Waals surface area (Å²) in [4.78, 5) is 50.7. The Hall–Kier alpha value is -3.75. The number of ether oxygens (including phenoxy) is 1. The Labute approximate surface area is 211 Å². The van der Waals surface area contributed by atoms with E-state index in [1.165, 1.54) is 23.5 Å². The number of rotatable bonds is 4. The molecule has 1 N–H and O–H groups in total. The predicted molar refractivity (Wildman–Crippen MR) is 134 cm³/mol. The molecule has 1 aromatic carbocycles. The first-order valence-electron chi connectivity index (χ1n) is 12.4. The fourth-order valence-electron chi connectivity index (χ4n) is 4.73. The van der Waals surface area contributed by atoms with Gasteiger partial charge in [0.1, 0.15) is 24.6 Å². The molecule has 2 aromatic rings. The molecule has 0 unspecified atom stereocenters. The summed E-state index contributed by atoms with van der Waals surface area (Å²) in [6, 6.07) is 7.59. The van der Waals surface area contributed by atoms with Crippen LogP contribution in [0.15, 0.2) is 55.0 Å². The number of amides is 3. The van der Waals surface area contributed by atoms with Gasteiger partial charge in [-0.25, -0.2) is 4.98 Å². The van der Waals surface area contributed by atoms with Crippen LogP contribution in [0, 0.1) is 11.8 Å². The number of aromatic nitrogens is 2. The third kappa shape index (κ3) is 6.47. The highest BCUT2D eigenvalue weighted by molar-refractivity contribution is 5.94. The van der Waals surface area contributed by atoms with E-state index in [0.717, 1.165) is 5.56 Å². The molecule has 9 nitrogen and oxygen atoms in total. The van der Waals surface area contributed by atoms with Crippen molar-refractivity contribution in [2.24, 2.45) is 11.8 Å². The molecule has 4 rings (SSSR count). The van der Waals surface area contributed by atoms with Crippen LogP contribution in [0.1, 0.15) is 42.7 Å². The van der Waals surface area contributed by atoms with Crippen LogP contribution >= 0.6 is 0 Å². The minimum Gasteiger partial charge on any atom is -0.489 e. The van der Waals surface area contributed by atoms with Crippen molar-refractivity contribution in [3.8, 4) is 5.75 Å². The third-order valence-corrected chi connectivity index (χ3v) is 6.50. The Balaban J connectivity index is 1.60. The van der Waals surface area contributed by atoms with Gasteiger partial charge >= 0.3 is 0 Å². The molecule has 9 heteroatoms. The topological polar surface area (TPSA) is 105 Å². The maximum atomic E-state index is 13.4. The van der Waals surface area contributed by atoms with Crippen molar-refractivity contribution in [3.05, 3.63) is 66.3 Å². The molecule has 1 aromatic heterocycles. The van der Waals surface area contributed by atoms with Crippen molar-refractivity contribution in [2.75, 3.05) is 26.2 Å². The van der Waals surface area contributed by atoms with Crippen molar-refractivity contribution in [2.45, 2.75) is 39.3 Å². The van der Waals surface area contributed by atoms with Crippen LogP contribution in [-0.4, -0.2) is 69.8 Å². The summed E-state index contributed by atoms with van der Waals surface area (Å²) in [5, 5.41) is 2.97. The minimum absolute atomic E-state index is 0.0179. The molecule has 2 bridgehead atoms. The Morgan fingerprint density at radius 3 is 2.81 bits per heavy atom. The zero-order valence-electron chi connectivity index (χ0n) is 20.8. The molecule has 3 amide bonds. The summed E-state index contributed by atoms with van der Waals surface area (Å²) in [5.41, 5.74) is 0.985. The maximum absolute atomic E-state index is 13.4. The lowest BCUT2D eigenvalue weighted by atomic mass is 9.82. The van der Waals surface area contributed by atoms with Crippen LogP contribution in [0.5, 0.6) is 5.75 Å². The van der Waals surface area contributed by atoms with Gasteiger partial charge in [0.15, 0.2) is 0 Å². The number of benzene rings is 1. The molecule has 1 fully saturated rings. The monoisotopic (exact) mass is 491 g/mol. The number of hydrogen-bond donors (Lipinski definition) is 1. The highest BCUT2D eigenvalue weighted by atomic mass is 16.5. The molecule has 1 saturated heterocycles. The van der Waals surface area contributed by atoms with Crippen LogP contribution in [0.25, 0.3) is 0 Å². The summed E-state index contributed by atoms with van der Waals surface area (Å²) in [5.74, 6) is 0.325. The van der Waals surface area contributed by atoms with Gasteiger partial charge in [0, 0.05) is 43.5 Å². The number of fused-ring (bicyclic) bond motifs is 3. The van der Waals surface area contributed by atoms with Crippen molar-refractivity contribution in [1.29, 1.82) is 0 Å². The molecule has 0 radical (unpaired) electrons. The number of carbonyl (C=O) groups is 3. The van der Waals surface area contributed by atoms with Crippen LogP contribution in [0.4, 0.5) is 0 Å². The van der Waals surface area contributed by atoms with E-state index in [4.69, 9.17) is 4.74 Å². The van der Waals surface area contributed by atoms with Crippen molar-refractivity contribution in [1.82, 2.24) is 25.1 Å². The SMILES string of the molecule is CC(C)NC(=O)C[C@@H]1CCN2C[C@@H]1/C=C/COc1ccccc1CN(C(=O)c1cnccn1)CC2=O. The van der Waals surface area contributed by atoms with Crippen LogP contribution in [0.3, 0.4) is 0 Å². The molecular weight excluding hydrogens is 458 g/mol. The van der Waals surface area contributed by atoms with E-state index in [1.807, 2.05) is 44.2 Å². The summed E-state index contributed by atoms with van der Waals surface area (Å²) in [6.45, 7) is 5.40. The lowest BCUT2D eigenvalue weighted by Crippen LogP contribution is -2.49. The second kappa shape index (κ2) is 11.8. The first-order chi connectivity index (χ1) is 17.4. The van der Waals surface area contributed by atoms with Gasteiger partial charge in [-0.2, -0.15) is 0 Å². The van der Waals surface area contributed by atoms with Crippen LogP contribution in [-0.2, 0) is 16.1 Å². The van der Waals surface area contributed by atoms with E-state index in [-0.39, 0.29) is 54.4 Å². The molecule has 0 aliphatic carbocycles. The fourth-order valence-corrected chi connectivity index (χ4v) is 4.73. The standard InChI is InChI=1S/C27H33N5O4/c1-19(2)30-25(33)14-20-9-12-31-16-21(20)7-5-13-36-24-8-4-3-6-22(24)17-32(18-26(31)34)27(35)23-15-28-10-11-29-23/h3-8,10-11,15,19-21H,9,12-14,16-18H2,1-2H3,(H,30,33)/b7-5+/t20-,21-/m0/s1. The van der Waals surface area contributed by atoms with E-state index >= 15 is 0 Å². The smallest absolute Gasteiger partial charge is 0.274 e. The Morgan fingerprint density at radius 1 is 1.19 bits per heavy atom. The predicted octanol–water partition coefficient (Wildman–Crippen LogP) is 2.45. The van der Waals surface area contributed by atoms with E-state index in [0.29, 0.717) is 38.3 Å². The van der Waals surface area contributed by atoms with Gasteiger partial charge < -0.3 is 19.9 Å². The Bertz CT molecular complexity index is 1100. The minimum atomic E-state index is -0.365. The summed E-state index contributed by atoms with van der Waals surface area (Å²) < 4.78 is 6.04. The average Bonchev–Trinajstić information content (AvgIpc) is 2.87. The third-order valence-electron chi connectivity index (χ3n) is 6.50. The van der Waals surface area contributed by atoms with Gasteiger partial charge in [-0.3, -0.25) is 19.4 Å². The van der Waals surface area contributed by atoms with E-state index < -0.39 is 0 Å². The number of para-hydroxylation sites is 1. The average molecular weight is 492 g/mol. The highest BCUT2D eigenvalue weighted by Gasteiger charge is 2.33. The van der Waals surface area contributed by atoms with E-state index in [2.05, 4.69) is 21.4 Å². The van der Waals surface area contributed by atoms with Crippen molar-refractivity contribution >= 4 is 17.7 Å². The van der Waals surface area contributed by atoms with E-state index in [9.17, 15) is 14.4 Å². The molecule has 3 heterocycles. The summed E-state index contributed by atoms with van der Waals surface area (Å²) in [6.07, 6.45) is 9.53. The number of nitrogens with zero attached hydrogens (tertiary/aromatic N) is 4. The second-order valence-electron chi connectivity index (χ2n) is 9.58. The lowest BCUT2D eigenvalue weighted by molar-refractivity contribution is -0.134. The molecule has 36 heavy (non-hydrogen) atoms. The quantitative estimate of drug-likeness (QED) is 0.659. The van der Waals surface area contributed by atoms with Crippen molar-refractivity contribution < 1.29 is 19.1 Å². The number of carbonyl (C=O) groups excluding carboxylic acids is 3. The van der Waals surface area contributed by atoms with Gasteiger partial charge in [-0.15, -0.1) is 0 Å². The number of nitrogens with one attached hydrogen (secondary N) is 1. The molecular formula is C27H33N5O4. The summed E-state index contributed by atoms with van der Waals surface area (Å²) >= 11 is 0. The summed E-state index contributed by atoms with van der Waals surface area (Å²) in [7, 11) is 0. The van der Waals surface area contributed by atoms with E-state index in [1.54, 1.807) is 4.90 Å². The molecule has 190 valence electrons. The van der Waals surface area contributed by atoms with Crippen LogP contribution in [0.2, 0.25) is 0 Å². The zero-order valence-corrected chi connectivity index (χ0v) is 20.8.